The number of allylic oxidation sites excluding steroid dienone is 16. The van der Waals surface area contributed by atoms with E-state index in [1.165, 1.54) is 51.4 Å². The van der Waals surface area contributed by atoms with Crippen molar-refractivity contribution in [1.82, 2.24) is 0 Å². The van der Waals surface area contributed by atoms with E-state index < -0.39 is 57.8 Å². The molecule has 0 bridgehead atoms. The molecule has 0 saturated heterocycles. The Morgan fingerprint density at radius 3 is 1.06 bits per heavy atom. The molecule has 448 valence electrons. The second-order valence-corrected chi connectivity index (χ2v) is 21.9. The maximum Gasteiger partial charge on any atom is 0.472 e. The Labute approximate surface area is 476 Å². The van der Waals surface area contributed by atoms with Gasteiger partial charge in [0, 0.05) is 19.3 Å². The highest BCUT2D eigenvalue weighted by atomic mass is 31.2. The van der Waals surface area contributed by atoms with Gasteiger partial charge in [0.15, 0.2) is 6.10 Å². The fourth-order valence-electron chi connectivity index (χ4n) is 8.23. The molecule has 0 aliphatic rings. The maximum absolute atomic E-state index is 12.9. The van der Waals surface area contributed by atoms with E-state index in [1.54, 1.807) is 0 Å². The van der Waals surface area contributed by atoms with Gasteiger partial charge >= 0.3 is 25.7 Å². The molecule has 0 fully saturated rings. The molecule has 0 heterocycles. The first-order valence-corrected chi connectivity index (χ1v) is 32.6. The van der Waals surface area contributed by atoms with Gasteiger partial charge in [-0.25, -0.2) is 4.57 Å². The van der Waals surface area contributed by atoms with E-state index in [0.717, 1.165) is 154 Å². The Morgan fingerprint density at radius 2 is 0.667 bits per heavy atom. The first-order chi connectivity index (χ1) is 38.2. The SMILES string of the molecule is CC/C=C\C/C=C\C/C=C\C/C=C\CCCCCCCCC(=O)OC(COC(=O)CCCCCCCC/C=C\C/C=C\C/C=C\CCCCC)COP(=O)(O)OCC(CO)OC(=O)CCCCCCC/C=C\CCCCCC. The zero-order valence-corrected chi connectivity index (χ0v) is 50.5. The molecule has 2 N–H and O–H groups in total. The highest BCUT2D eigenvalue weighted by Gasteiger charge is 2.28. The van der Waals surface area contributed by atoms with Crippen LogP contribution in [0.4, 0.5) is 0 Å². The lowest BCUT2D eigenvalue weighted by atomic mass is 10.1. The number of rotatable bonds is 57. The summed E-state index contributed by atoms with van der Waals surface area (Å²) in [7, 11) is -4.76. The quantitative estimate of drug-likeness (QED) is 0.0197. The average Bonchev–Trinajstić information content (AvgIpc) is 3.43. The van der Waals surface area contributed by atoms with Crippen molar-refractivity contribution in [2.75, 3.05) is 26.4 Å². The Bertz CT molecular complexity index is 1680. The van der Waals surface area contributed by atoms with Crippen LogP contribution in [0.1, 0.15) is 265 Å². The fourth-order valence-corrected chi connectivity index (χ4v) is 9.01. The van der Waals surface area contributed by atoms with Gasteiger partial charge in [0.2, 0.25) is 0 Å². The van der Waals surface area contributed by atoms with Crippen LogP contribution in [0, 0.1) is 0 Å². The van der Waals surface area contributed by atoms with Crippen LogP contribution >= 0.6 is 7.82 Å². The van der Waals surface area contributed by atoms with E-state index >= 15 is 0 Å². The third-order valence-electron chi connectivity index (χ3n) is 13.0. The lowest BCUT2D eigenvalue weighted by Crippen LogP contribution is -2.30. The third kappa shape index (κ3) is 57.1. The molecule has 0 amide bonds. The predicted octanol–water partition coefficient (Wildman–Crippen LogP) is 18.8. The van der Waals surface area contributed by atoms with E-state index in [1.807, 2.05) is 0 Å². The van der Waals surface area contributed by atoms with Crippen LogP contribution in [-0.4, -0.2) is 66.5 Å². The van der Waals surface area contributed by atoms with E-state index in [-0.39, 0.29) is 25.9 Å². The largest absolute Gasteiger partial charge is 0.472 e. The molecule has 0 aliphatic heterocycles. The van der Waals surface area contributed by atoms with Crippen molar-refractivity contribution in [3.63, 3.8) is 0 Å². The van der Waals surface area contributed by atoms with Crippen LogP contribution in [-0.2, 0) is 42.2 Å². The number of ether oxygens (including phenoxy) is 3. The summed E-state index contributed by atoms with van der Waals surface area (Å²) in [5, 5.41) is 9.83. The summed E-state index contributed by atoms with van der Waals surface area (Å²) in [4.78, 5) is 48.7. The summed E-state index contributed by atoms with van der Waals surface area (Å²) < 4.78 is 39.6. The fraction of sp³-hybridized carbons (Fsp3) is 0.712. The van der Waals surface area contributed by atoms with Gasteiger partial charge in [-0.15, -0.1) is 0 Å². The number of phosphoric acid groups is 1. The minimum Gasteiger partial charge on any atom is -0.462 e. The average molecular weight is 1110 g/mol. The lowest BCUT2D eigenvalue weighted by Gasteiger charge is -2.21. The Morgan fingerprint density at radius 1 is 0.372 bits per heavy atom. The summed E-state index contributed by atoms with van der Waals surface area (Å²) in [6.45, 7) is 4.46. The minimum absolute atomic E-state index is 0.144. The molecule has 0 spiro atoms. The van der Waals surface area contributed by atoms with E-state index in [2.05, 4.69) is 118 Å². The molecular weight excluding hydrogens is 1000 g/mol. The molecule has 3 atom stereocenters. The van der Waals surface area contributed by atoms with Gasteiger partial charge in [-0.3, -0.25) is 23.4 Å². The molecule has 12 heteroatoms. The van der Waals surface area contributed by atoms with E-state index in [0.29, 0.717) is 19.3 Å². The molecule has 0 aromatic rings. The number of unbranched alkanes of at least 4 members (excludes halogenated alkanes) is 24. The standard InChI is InChI=1S/C66H113O11P/c1-4-7-10-13-16-19-22-25-27-29-31-33-35-38-40-43-46-49-52-55-64(68)73-59-63(77-66(70)57-54-51-48-45-42-39-36-34-32-30-28-26-23-20-17-14-11-8-5-2)61-75-78(71,72)74-60-62(58-67)76-65(69)56-53-50-47-44-41-37-24-21-18-15-12-9-6-3/h8,11,16-17,19-21,24-28,31-34,62-63,67H,4-7,9-10,12-15,18,22-23,29-30,35-61H2,1-3H3,(H,71,72)/b11-8-,19-16-,20-17-,24-21-,27-25-,28-26-,33-31-,34-32-. The molecule has 0 rings (SSSR count). The van der Waals surface area contributed by atoms with Crippen LogP contribution < -0.4 is 0 Å². The van der Waals surface area contributed by atoms with Crippen LogP contribution in [0.3, 0.4) is 0 Å². The second-order valence-electron chi connectivity index (χ2n) is 20.5. The Kier molecular flexibility index (Phi) is 56.8. The number of carbonyl (C=O) groups excluding carboxylic acids is 3. The summed E-state index contributed by atoms with van der Waals surface area (Å²) in [6.07, 6.45) is 70.7. The van der Waals surface area contributed by atoms with Gasteiger partial charge < -0.3 is 24.2 Å². The molecular formula is C66H113O11P. The van der Waals surface area contributed by atoms with Crippen molar-refractivity contribution in [3.05, 3.63) is 97.2 Å². The lowest BCUT2D eigenvalue weighted by molar-refractivity contribution is -0.161. The van der Waals surface area contributed by atoms with Gasteiger partial charge in [0.1, 0.15) is 12.7 Å². The molecule has 0 aromatic carbocycles. The monoisotopic (exact) mass is 1110 g/mol. The van der Waals surface area contributed by atoms with Crippen molar-refractivity contribution < 1.29 is 52.2 Å². The summed E-state index contributed by atoms with van der Waals surface area (Å²) >= 11 is 0. The van der Waals surface area contributed by atoms with Crippen LogP contribution in [0.25, 0.3) is 0 Å². The summed E-state index contributed by atoms with van der Waals surface area (Å²) in [5.74, 6) is -1.50. The molecule has 0 aromatic heterocycles. The van der Waals surface area contributed by atoms with Crippen LogP contribution in [0.15, 0.2) is 97.2 Å². The first kappa shape index (κ1) is 74.4. The van der Waals surface area contributed by atoms with Crippen LogP contribution in [0.2, 0.25) is 0 Å². The third-order valence-corrected chi connectivity index (χ3v) is 13.9. The number of phosphoric ester groups is 1. The Balaban J connectivity index is 4.78. The maximum atomic E-state index is 12.9. The number of hydrogen-bond donors (Lipinski definition) is 2. The number of esters is 3. The molecule has 3 unspecified atom stereocenters. The van der Waals surface area contributed by atoms with Gasteiger partial charge in [0.05, 0.1) is 19.8 Å². The van der Waals surface area contributed by atoms with Crippen molar-refractivity contribution in [2.24, 2.45) is 0 Å². The highest BCUT2D eigenvalue weighted by Crippen LogP contribution is 2.43. The van der Waals surface area contributed by atoms with Gasteiger partial charge in [-0.05, 0) is 122 Å². The number of aliphatic hydroxyl groups excluding tert-OH is 1. The van der Waals surface area contributed by atoms with E-state index in [4.69, 9.17) is 23.3 Å². The topological polar surface area (TPSA) is 155 Å². The minimum atomic E-state index is -4.76. The molecule has 0 saturated carbocycles. The first-order valence-electron chi connectivity index (χ1n) is 31.1. The van der Waals surface area contributed by atoms with Crippen molar-refractivity contribution in [2.45, 2.75) is 277 Å². The normalized spacial score (nSPS) is 14.0. The molecule has 0 radical (unpaired) electrons. The van der Waals surface area contributed by atoms with Crippen molar-refractivity contribution >= 4 is 25.7 Å². The van der Waals surface area contributed by atoms with Crippen LogP contribution in [0.5, 0.6) is 0 Å². The van der Waals surface area contributed by atoms with Crippen molar-refractivity contribution in [1.29, 1.82) is 0 Å². The number of aliphatic hydroxyl groups is 1. The highest BCUT2D eigenvalue weighted by molar-refractivity contribution is 7.47. The van der Waals surface area contributed by atoms with E-state index in [9.17, 15) is 28.9 Å². The Hall–Kier alpha value is -3.60. The van der Waals surface area contributed by atoms with Gasteiger partial charge in [0.25, 0.3) is 0 Å². The zero-order chi connectivity index (χ0) is 56.9. The van der Waals surface area contributed by atoms with Crippen molar-refractivity contribution in [3.8, 4) is 0 Å². The number of hydrogen-bond acceptors (Lipinski definition) is 10. The van der Waals surface area contributed by atoms with Gasteiger partial charge in [-0.1, -0.05) is 221 Å². The van der Waals surface area contributed by atoms with Gasteiger partial charge in [-0.2, -0.15) is 0 Å². The predicted molar refractivity (Wildman–Crippen MR) is 325 cm³/mol. The second kappa shape index (κ2) is 59.5. The molecule has 0 aliphatic carbocycles. The summed E-state index contributed by atoms with van der Waals surface area (Å²) in [5.41, 5.74) is 0. The summed E-state index contributed by atoms with van der Waals surface area (Å²) in [6, 6.07) is 0. The molecule has 11 nitrogen and oxygen atoms in total. The number of carbonyl (C=O) groups is 3. The zero-order valence-electron chi connectivity index (χ0n) is 49.6. The smallest absolute Gasteiger partial charge is 0.462 e. The molecule has 78 heavy (non-hydrogen) atoms.